The lowest BCUT2D eigenvalue weighted by Crippen LogP contribution is -2.32. The second-order valence-electron chi connectivity index (χ2n) is 6.62. The fourth-order valence-electron chi connectivity index (χ4n) is 2.66. The van der Waals surface area contributed by atoms with E-state index in [1.165, 1.54) is 29.7 Å². The number of methoxy groups -OCH3 is 1. The minimum atomic E-state index is 0.646. The van der Waals surface area contributed by atoms with Crippen LogP contribution in [-0.2, 0) is 11.3 Å². The van der Waals surface area contributed by atoms with Crippen LogP contribution in [0.15, 0.2) is 18.2 Å². The molecule has 0 atom stereocenters. The Balaban J connectivity index is 2.14. The number of nitrogens with zero attached hydrogens (tertiary/aromatic N) is 1. The highest BCUT2D eigenvalue weighted by atomic mass is 16.5. The van der Waals surface area contributed by atoms with E-state index in [4.69, 9.17) is 4.74 Å². The fraction of sp³-hybridized carbons (Fsp3) is 0.667. The van der Waals surface area contributed by atoms with Gasteiger partial charge in [0.15, 0.2) is 0 Å². The molecule has 0 unspecified atom stereocenters. The van der Waals surface area contributed by atoms with E-state index >= 15 is 0 Å². The third-order valence-corrected chi connectivity index (χ3v) is 3.89. The second-order valence-corrected chi connectivity index (χ2v) is 6.62. The smallest absolute Gasteiger partial charge is 0.0637 e. The first-order valence-electron chi connectivity index (χ1n) is 8.17. The molecule has 0 aliphatic heterocycles. The van der Waals surface area contributed by atoms with Crippen molar-refractivity contribution in [2.24, 2.45) is 5.92 Å². The van der Waals surface area contributed by atoms with Crippen molar-refractivity contribution in [3.8, 4) is 0 Å². The van der Waals surface area contributed by atoms with Gasteiger partial charge in [-0.25, -0.2) is 0 Å². The Hall–Kier alpha value is -1.06. The van der Waals surface area contributed by atoms with Gasteiger partial charge in [0.25, 0.3) is 0 Å². The molecule has 0 heterocycles. The van der Waals surface area contributed by atoms with Crippen molar-refractivity contribution in [2.45, 2.75) is 46.2 Å². The Labute approximate surface area is 129 Å². The molecule has 0 saturated heterocycles. The molecule has 0 spiro atoms. The highest BCUT2D eigenvalue weighted by Crippen LogP contribution is 2.25. The van der Waals surface area contributed by atoms with E-state index < -0.39 is 0 Å². The molecule has 1 aromatic rings. The molecule has 0 bridgehead atoms. The van der Waals surface area contributed by atoms with Gasteiger partial charge in [0.2, 0.25) is 0 Å². The molecule has 0 aromatic heterocycles. The van der Waals surface area contributed by atoms with Crippen LogP contribution in [0.25, 0.3) is 0 Å². The van der Waals surface area contributed by atoms with E-state index in [1.54, 1.807) is 7.11 Å². The lowest BCUT2D eigenvalue weighted by Gasteiger charge is -2.29. The maximum absolute atomic E-state index is 5.29. The molecule has 1 N–H and O–H groups in total. The van der Waals surface area contributed by atoms with Crippen LogP contribution in [0.5, 0.6) is 0 Å². The molecule has 1 aliphatic rings. The molecule has 1 fully saturated rings. The van der Waals surface area contributed by atoms with Crippen LogP contribution in [0, 0.1) is 12.8 Å². The summed E-state index contributed by atoms with van der Waals surface area (Å²) in [6, 6.07) is 7.56. The van der Waals surface area contributed by atoms with Crippen LogP contribution in [-0.4, -0.2) is 32.8 Å². The summed E-state index contributed by atoms with van der Waals surface area (Å²) in [5, 5.41) is 3.65. The summed E-state index contributed by atoms with van der Waals surface area (Å²) in [7, 11) is 1.78. The average molecular weight is 290 g/mol. The number of rotatable bonds is 9. The van der Waals surface area contributed by atoms with Crippen LogP contribution in [0.4, 0.5) is 5.69 Å². The molecule has 1 saturated carbocycles. The number of nitrogens with one attached hydrogen (secondary N) is 1. The summed E-state index contributed by atoms with van der Waals surface area (Å²) in [6.45, 7) is 10.5. The summed E-state index contributed by atoms with van der Waals surface area (Å²) in [5.41, 5.74) is 4.11. The van der Waals surface area contributed by atoms with Crippen molar-refractivity contribution in [3.05, 3.63) is 29.3 Å². The Morgan fingerprint density at radius 2 is 2.10 bits per heavy atom. The van der Waals surface area contributed by atoms with Gasteiger partial charge in [-0.15, -0.1) is 0 Å². The summed E-state index contributed by atoms with van der Waals surface area (Å²) >= 11 is 0. The van der Waals surface area contributed by atoms with Gasteiger partial charge in [0.1, 0.15) is 0 Å². The Kier molecular flexibility index (Phi) is 6.07. The summed E-state index contributed by atoms with van der Waals surface area (Å²) in [6.07, 6.45) is 2.67. The van der Waals surface area contributed by atoms with Gasteiger partial charge in [-0.1, -0.05) is 31.5 Å². The second kappa shape index (κ2) is 7.81. The topological polar surface area (TPSA) is 24.5 Å². The number of hydrogen-bond donors (Lipinski definition) is 1. The van der Waals surface area contributed by atoms with E-state index in [0.717, 1.165) is 32.3 Å². The maximum Gasteiger partial charge on any atom is 0.0637 e. The van der Waals surface area contributed by atoms with Gasteiger partial charge in [0.05, 0.1) is 6.61 Å². The van der Waals surface area contributed by atoms with Gasteiger partial charge in [-0.3, -0.25) is 0 Å². The van der Waals surface area contributed by atoms with Gasteiger partial charge in [-0.05, 0) is 37.3 Å². The van der Waals surface area contributed by atoms with Crippen LogP contribution < -0.4 is 10.2 Å². The van der Waals surface area contributed by atoms with Crippen molar-refractivity contribution in [1.82, 2.24) is 5.32 Å². The minimum absolute atomic E-state index is 0.646. The highest BCUT2D eigenvalue weighted by Gasteiger charge is 2.21. The molecule has 2 rings (SSSR count). The first-order valence-corrected chi connectivity index (χ1v) is 8.17. The number of benzene rings is 1. The van der Waals surface area contributed by atoms with E-state index in [2.05, 4.69) is 49.2 Å². The molecule has 3 heteroatoms. The molecule has 1 aliphatic carbocycles. The third kappa shape index (κ3) is 5.33. The molecule has 1 aromatic carbocycles. The third-order valence-electron chi connectivity index (χ3n) is 3.89. The molecule has 0 amide bonds. The average Bonchev–Trinajstić information content (AvgIpc) is 3.25. The first-order chi connectivity index (χ1) is 10.1. The standard InChI is InChI=1S/C18H30N2O/c1-14(2)13-20(9-10-21-4)18-8-5-15(3)11-16(18)12-19-17-6-7-17/h5,8,11,14,17,19H,6-7,9-10,12-13H2,1-4H3. The normalized spacial score (nSPS) is 14.7. The number of ether oxygens (including phenoxy) is 1. The summed E-state index contributed by atoms with van der Waals surface area (Å²) < 4.78 is 5.29. The number of hydrogen-bond acceptors (Lipinski definition) is 3. The fourth-order valence-corrected chi connectivity index (χ4v) is 2.66. The van der Waals surface area contributed by atoms with Crippen LogP contribution in [0.2, 0.25) is 0 Å². The van der Waals surface area contributed by atoms with Crippen LogP contribution in [0.3, 0.4) is 0 Å². The van der Waals surface area contributed by atoms with Crippen molar-refractivity contribution < 1.29 is 4.74 Å². The largest absolute Gasteiger partial charge is 0.383 e. The lowest BCUT2D eigenvalue weighted by atomic mass is 10.1. The molecule has 3 nitrogen and oxygen atoms in total. The lowest BCUT2D eigenvalue weighted by molar-refractivity contribution is 0.204. The number of aryl methyl sites for hydroxylation is 1. The maximum atomic E-state index is 5.29. The SMILES string of the molecule is COCCN(CC(C)C)c1ccc(C)cc1CNC1CC1. The van der Waals surface area contributed by atoms with Gasteiger partial charge < -0.3 is 15.0 Å². The highest BCUT2D eigenvalue weighted by molar-refractivity contribution is 5.55. The molecule has 118 valence electrons. The van der Waals surface area contributed by atoms with E-state index in [-0.39, 0.29) is 0 Å². The van der Waals surface area contributed by atoms with Gasteiger partial charge in [-0.2, -0.15) is 0 Å². The predicted octanol–water partition coefficient (Wildman–Crippen LogP) is 3.36. The quantitative estimate of drug-likeness (QED) is 0.755. The monoisotopic (exact) mass is 290 g/mol. The Bertz CT molecular complexity index is 441. The number of anilines is 1. The first kappa shape index (κ1) is 16.3. The Morgan fingerprint density at radius 3 is 2.71 bits per heavy atom. The van der Waals surface area contributed by atoms with E-state index in [9.17, 15) is 0 Å². The van der Waals surface area contributed by atoms with Crippen molar-refractivity contribution in [2.75, 3.05) is 31.7 Å². The predicted molar refractivity (Wildman–Crippen MR) is 90.0 cm³/mol. The van der Waals surface area contributed by atoms with E-state index in [1.807, 2.05) is 0 Å². The van der Waals surface area contributed by atoms with E-state index in [0.29, 0.717) is 5.92 Å². The van der Waals surface area contributed by atoms with Crippen molar-refractivity contribution in [1.29, 1.82) is 0 Å². The molecule has 0 radical (unpaired) electrons. The zero-order valence-electron chi connectivity index (χ0n) is 14.0. The van der Waals surface area contributed by atoms with Crippen LogP contribution >= 0.6 is 0 Å². The summed E-state index contributed by atoms with van der Waals surface area (Å²) in [4.78, 5) is 2.47. The molecular formula is C18H30N2O. The minimum Gasteiger partial charge on any atom is -0.383 e. The van der Waals surface area contributed by atoms with Crippen molar-refractivity contribution in [3.63, 3.8) is 0 Å². The zero-order valence-corrected chi connectivity index (χ0v) is 14.0. The Morgan fingerprint density at radius 1 is 1.33 bits per heavy atom. The zero-order chi connectivity index (χ0) is 15.2. The molecule has 21 heavy (non-hydrogen) atoms. The molecular weight excluding hydrogens is 260 g/mol. The van der Waals surface area contributed by atoms with Gasteiger partial charge in [0, 0.05) is 38.5 Å². The van der Waals surface area contributed by atoms with Crippen LogP contribution in [0.1, 0.15) is 37.8 Å². The summed E-state index contributed by atoms with van der Waals surface area (Å²) in [5.74, 6) is 0.646. The van der Waals surface area contributed by atoms with Crippen molar-refractivity contribution >= 4 is 5.69 Å². The van der Waals surface area contributed by atoms with Gasteiger partial charge >= 0.3 is 0 Å².